The summed E-state index contributed by atoms with van der Waals surface area (Å²) in [6, 6.07) is 12.1. The van der Waals surface area contributed by atoms with Crippen LogP contribution in [0.5, 0.6) is 5.75 Å². The molecule has 32 heavy (non-hydrogen) atoms. The second kappa shape index (κ2) is 8.29. The Bertz CT molecular complexity index is 1310. The Balaban J connectivity index is 1.61. The average molecular weight is 434 g/mol. The van der Waals surface area contributed by atoms with Gasteiger partial charge < -0.3 is 28.6 Å². The van der Waals surface area contributed by atoms with Crippen molar-refractivity contribution in [2.24, 2.45) is 7.05 Å². The van der Waals surface area contributed by atoms with Gasteiger partial charge in [0.25, 0.3) is 0 Å². The van der Waals surface area contributed by atoms with Crippen LogP contribution in [0.25, 0.3) is 33.5 Å². The number of aromatic nitrogens is 3. The maximum atomic E-state index is 11.4. The summed E-state index contributed by atoms with van der Waals surface area (Å²) in [5.74, 6) is 1.47. The molecule has 2 aromatic heterocycles. The molecule has 1 N–H and O–H groups in total. The lowest BCUT2D eigenvalue weighted by molar-refractivity contribution is 0.0965. The van der Waals surface area contributed by atoms with Gasteiger partial charge in [-0.1, -0.05) is 12.1 Å². The topological polar surface area (TPSA) is 81.8 Å². The Kier molecular flexibility index (Phi) is 5.32. The molecular formula is C24H26N4O4. The van der Waals surface area contributed by atoms with E-state index in [1.807, 2.05) is 11.6 Å². The number of para-hydroxylation sites is 1. The first-order chi connectivity index (χ1) is 15.7. The number of carbonyl (C=O) groups is 1. The minimum atomic E-state index is 0.0406. The van der Waals surface area contributed by atoms with Crippen molar-refractivity contribution in [1.29, 1.82) is 0 Å². The number of rotatable bonds is 8. The highest BCUT2D eigenvalue weighted by Gasteiger charge is 2.25. The fraction of sp³-hybridized carbons (Fsp3) is 0.333. The van der Waals surface area contributed by atoms with E-state index in [-0.39, 0.29) is 6.61 Å². The Morgan fingerprint density at radius 3 is 2.81 bits per heavy atom. The van der Waals surface area contributed by atoms with Crippen LogP contribution in [0.4, 0.5) is 5.69 Å². The molecule has 0 aliphatic carbocycles. The Morgan fingerprint density at radius 1 is 1.16 bits per heavy atom. The van der Waals surface area contributed by atoms with Crippen LogP contribution < -0.4 is 9.64 Å². The van der Waals surface area contributed by atoms with E-state index in [1.54, 1.807) is 19.2 Å². The molecule has 0 radical (unpaired) electrons. The summed E-state index contributed by atoms with van der Waals surface area (Å²) in [5.41, 5.74) is 5.54. The van der Waals surface area contributed by atoms with E-state index >= 15 is 0 Å². The maximum absolute atomic E-state index is 11.4. The van der Waals surface area contributed by atoms with E-state index < -0.39 is 0 Å². The number of aryl methyl sites for hydroxylation is 1. The molecule has 166 valence electrons. The molecule has 0 atom stereocenters. The smallest absolute Gasteiger partial charge is 0.157 e. The summed E-state index contributed by atoms with van der Waals surface area (Å²) >= 11 is 0. The van der Waals surface area contributed by atoms with Crippen molar-refractivity contribution in [3.8, 4) is 17.3 Å². The normalized spacial score (nSPS) is 13.3. The average Bonchev–Trinajstić information content (AvgIpc) is 3.36. The predicted octanol–water partition coefficient (Wildman–Crippen LogP) is 2.85. The first kappa shape index (κ1) is 20.5. The van der Waals surface area contributed by atoms with E-state index in [9.17, 15) is 4.79 Å². The zero-order valence-electron chi connectivity index (χ0n) is 18.2. The number of ether oxygens (including phenoxy) is 2. The SMILES string of the molecule is COc1cc(C=O)cc2nc(-c3cc4cccc5c4n3CCN5CCOCCO)n(C)c12. The molecule has 0 spiro atoms. The molecule has 8 heteroatoms. The fourth-order valence-electron chi connectivity index (χ4n) is 4.68. The zero-order chi connectivity index (χ0) is 22.2. The molecule has 1 aliphatic heterocycles. The highest BCUT2D eigenvalue weighted by molar-refractivity contribution is 5.98. The van der Waals surface area contributed by atoms with Gasteiger partial charge in [0.15, 0.2) is 5.82 Å². The van der Waals surface area contributed by atoms with Gasteiger partial charge in [0, 0.05) is 37.6 Å². The van der Waals surface area contributed by atoms with Gasteiger partial charge in [-0.2, -0.15) is 0 Å². The minimum Gasteiger partial charge on any atom is -0.494 e. The summed E-state index contributed by atoms with van der Waals surface area (Å²) in [6.07, 6.45) is 0.816. The molecule has 0 saturated heterocycles. The molecule has 0 amide bonds. The zero-order valence-corrected chi connectivity index (χ0v) is 18.2. The third-order valence-electron chi connectivity index (χ3n) is 6.12. The van der Waals surface area contributed by atoms with Gasteiger partial charge in [-0.15, -0.1) is 0 Å². The molecular weight excluding hydrogens is 408 g/mol. The molecule has 1 aliphatic rings. The summed E-state index contributed by atoms with van der Waals surface area (Å²) < 4.78 is 15.4. The van der Waals surface area contributed by atoms with Crippen LogP contribution in [0.15, 0.2) is 36.4 Å². The van der Waals surface area contributed by atoms with Crippen LogP contribution in [0.2, 0.25) is 0 Å². The number of aliphatic hydroxyl groups is 1. The second-order valence-corrected chi connectivity index (χ2v) is 7.92. The van der Waals surface area contributed by atoms with Crippen LogP contribution in [0, 0.1) is 0 Å². The van der Waals surface area contributed by atoms with Crippen LogP contribution >= 0.6 is 0 Å². The van der Waals surface area contributed by atoms with Crippen molar-refractivity contribution in [3.63, 3.8) is 0 Å². The largest absolute Gasteiger partial charge is 0.494 e. The number of aliphatic hydroxyl groups excluding tert-OH is 1. The lowest BCUT2D eigenvalue weighted by Gasteiger charge is -2.31. The molecule has 2 aromatic carbocycles. The van der Waals surface area contributed by atoms with Crippen molar-refractivity contribution < 1.29 is 19.4 Å². The predicted molar refractivity (Wildman–Crippen MR) is 124 cm³/mol. The van der Waals surface area contributed by atoms with Crippen molar-refractivity contribution in [3.05, 3.63) is 42.0 Å². The number of aldehydes is 1. The maximum Gasteiger partial charge on any atom is 0.157 e. The van der Waals surface area contributed by atoms with E-state index in [4.69, 9.17) is 19.6 Å². The van der Waals surface area contributed by atoms with Crippen LogP contribution in [-0.4, -0.2) is 65.5 Å². The van der Waals surface area contributed by atoms with E-state index in [0.717, 1.165) is 53.9 Å². The number of fused-ring (bicyclic) bond motifs is 1. The number of methoxy groups -OCH3 is 1. The number of hydrogen-bond acceptors (Lipinski definition) is 6. The Hall–Kier alpha value is -3.36. The Morgan fingerprint density at radius 2 is 2.03 bits per heavy atom. The van der Waals surface area contributed by atoms with Crippen molar-refractivity contribution in [2.75, 3.05) is 44.9 Å². The number of nitrogens with zero attached hydrogens (tertiary/aromatic N) is 4. The number of imidazole rings is 1. The summed E-state index contributed by atoms with van der Waals surface area (Å²) in [5, 5.41) is 10.1. The highest BCUT2D eigenvalue weighted by Crippen LogP contribution is 2.38. The molecule has 3 heterocycles. The molecule has 0 saturated carbocycles. The first-order valence-corrected chi connectivity index (χ1v) is 10.7. The fourth-order valence-corrected chi connectivity index (χ4v) is 4.68. The molecule has 0 unspecified atom stereocenters. The van der Waals surface area contributed by atoms with E-state index in [1.165, 1.54) is 11.2 Å². The summed E-state index contributed by atoms with van der Waals surface area (Å²) in [7, 11) is 3.59. The third kappa shape index (κ3) is 3.23. The van der Waals surface area contributed by atoms with Crippen molar-refractivity contribution >= 4 is 33.9 Å². The lowest BCUT2D eigenvalue weighted by atomic mass is 10.2. The molecule has 0 bridgehead atoms. The van der Waals surface area contributed by atoms with Crippen molar-refractivity contribution in [2.45, 2.75) is 6.54 Å². The van der Waals surface area contributed by atoms with E-state index in [0.29, 0.717) is 24.5 Å². The molecule has 8 nitrogen and oxygen atoms in total. The number of carbonyl (C=O) groups excluding carboxylic acids is 1. The Labute approximate surface area is 185 Å². The molecule has 5 rings (SSSR count). The van der Waals surface area contributed by atoms with Gasteiger partial charge in [0.2, 0.25) is 0 Å². The quantitative estimate of drug-likeness (QED) is 0.339. The summed E-state index contributed by atoms with van der Waals surface area (Å²) in [6.45, 7) is 3.44. The van der Waals surface area contributed by atoms with Gasteiger partial charge in [-0.25, -0.2) is 4.98 Å². The number of hydrogen-bond donors (Lipinski definition) is 1. The molecule has 4 aromatic rings. The first-order valence-electron chi connectivity index (χ1n) is 10.7. The third-order valence-corrected chi connectivity index (χ3v) is 6.12. The second-order valence-electron chi connectivity index (χ2n) is 7.92. The number of anilines is 1. The highest BCUT2D eigenvalue weighted by atomic mass is 16.5. The van der Waals surface area contributed by atoms with Crippen LogP contribution in [-0.2, 0) is 18.3 Å². The van der Waals surface area contributed by atoms with Gasteiger partial charge in [0.05, 0.1) is 49.3 Å². The number of benzene rings is 2. The van der Waals surface area contributed by atoms with Gasteiger partial charge >= 0.3 is 0 Å². The minimum absolute atomic E-state index is 0.0406. The van der Waals surface area contributed by atoms with Gasteiger partial charge in [-0.05, 0) is 24.3 Å². The van der Waals surface area contributed by atoms with Gasteiger partial charge in [0.1, 0.15) is 17.6 Å². The van der Waals surface area contributed by atoms with Crippen LogP contribution in [0.3, 0.4) is 0 Å². The standard InChI is InChI=1S/C24H26N4O4/c1-26-23-18(12-16(15-30)13-21(23)31-2)25-24(26)20-14-17-4-3-5-19-22(17)28(20)7-6-27(19)8-10-32-11-9-29/h3-5,12-15,29H,6-11H2,1-2H3. The monoisotopic (exact) mass is 434 g/mol. The van der Waals surface area contributed by atoms with E-state index in [2.05, 4.69) is 33.7 Å². The van der Waals surface area contributed by atoms with Crippen LogP contribution in [0.1, 0.15) is 10.4 Å². The van der Waals surface area contributed by atoms with Crippen molar-refractivity contribution in [1.82, 2.24) is 14.1 Å². The van der Waals surface area contributed by atoms with Gasteiger partial charge in [-0.3, -0.25) is 4.79 Å². The molecule has 0 fully saturated rings. The lowest BCUT2D eigenvalue weighted by Crippen LogP contribution is -2.34. The summed E-state index contributed by atoms with van der Waals surface area (Å²) in [4.78, 5) is 18.6.